The number of carbonyl (C=O) groups is 2. The molecule has 1 heterocycles. The van der Waals surface area contributed by atoms with E-state index < -0.39 is 11.8 Å². The van der Waals surface area contributed by atoms with E-state index in [0.29, 0.717) is 12.2 Å². The third-order valence-electron chi connectivity index (χ3n) is 4.36. The van der Waals surface area contributed by atoms with Crippen LogP contribution in [0.4, 0.5) is 5.69 Å². The molecule has 0 aliphatic heterocycles. The highest BCUT2D eigenvalue weighted by molar-refractivity contribution is 6.39. The summed E-state index contributed by atoms with van der Waals surface area (Å²) in [5.41, 5.74) is 2.61. The molecule has 4 N–H and O–H groups in total. The van der Waals surface area contributed by atoms with Gasteiger partial charge in [0.05, 0.1) is 6.10 Å². The van der Waals surface area contributed by atoms with Gasteiger partial charge in [-0.3, -0.25) is 9.59 Å². The molecule has 6 heteroatoms. The number of rotatable bonds is 3. The molecule has 2 unspecified atom stereocenters. The first-order valence-electron chi connectivity index (χ1n) is 7.89. The third-order valence-corrected chi connectivity index (χ3v) is 4.36. The smallest absolute Gasteiger partial charge is 0.313 e. The number of aliphatic hydroxyl groups is 1. The second-order valence-electron chi connectivity index (χ2n) is 6.18. The minimum absolute atomic E-state index is 0.0472. The van der Waals surface area contributed by atoms with Gasteiger partial charge in [-0.1, -0.05) is 6.42 Å². The minimum atomic E-state index is -0.691. The molecular weight excluding hydrogens is 294 g/mol. The van der Waals surface area contributed by atoms with E-state index in [4.69, 9.17) is 0 Å². The van der Waals surface area contributed by atoms with Crippen LogP contribution in [0, 0.1) is 12.8 Å². The van der Waals surface area contributed by atoms with Crippen LogP contribution in [-0.4, -0.2) is 34.6 Å². The predicted molar refractivity (Wildman–Crippen MR) is 88.0 cm³/mol. The average molecular weight is 315 g/mol. The Labute approximate surface area is 134 Å². The normalized spacial score (nSPS) is 20.6. The molecule has 122 valence electrons. The van der Waals surface area contributed by atoms with E-state index in [1.54, 1.807) is 6.07 Å². The molecule has 1 aromatic carbocycles. The molecular formula is C17H21N3O3. The Morgan fingerprint density at radius 2 is 2.09 bits per heavy atom. The van der Waals surface area contributed by atoms with E-state index in [1.807, 2.05) is 25.1 Å². The minimum Gasteiger partial charge on any atom is -0.393 e. The van der Waals surface area contributed by atoms with Crippen molar-refractivity contribution in [1.29, 1.82) is 0 Å². The molecule has 3 rings (SSSR count). The third kappa shape index (κ3) is 3.53. The fraction of sp³-hybridized carbons (Fsp3) is 0.412. The highest BCUT2D eigenvalue weighted by atomic mass is 16.3. The van der Waals surface area contributed by atoms with Gasteiger partial charge in [-0.05, 0) is 44.0 Å². The van der Waals surface area contributed by atoms with Crippen molar-refractivity contribution in [1.82, 2.24) is 10.3 Å². The number of aryl methyl sites for hydroxylation is 1. The van der Waals surface area contributed by atoms with Gasteiger partial charge < -0.3 is 20.7 Å². The van der Waals surface area contributed by atoms with Gasteiger partial charge in [0.2, 0.25) is 0 Å². The molecule has 2 atom stereocenters. The van der Waals surface area contributed by atoms with Crippen LogP contribution < -0.4 is 10.6 Å². The number of anilines is 1. The Hall–Kier alpha value is -2.34. The lowest BCUT2D eigenvalue weighted by molar-refractivity contribution is -0.136. The van der Waals surface area contributed by atoms with Crippen LogP contribution in [0.15, 0.2) is 24.3 Å². The molecule has 0 bridgehead atoms. The summed E-state index contributed by atoms with van der Waals surface area (Å²) in [6.45, 7) is 2.30. The van der Waals surface area contributed by atoms with Gasteiger partial charge >= 0.3 is 11.8 Å². The highest BCUT2D eigenvalue weighted by Crippen LogP contribution is 2.24. The molecule has 0 saturated heterocycles. The van der Waals surface area contributed by atoms with Gasteiger partial charge in [-0.15, -0.1) is 0 Å². The fourth-order valence-electron chi connectivity index (χ4n) is 3.10. The number of H-pyrrole nitrogens is 1. The van der Waals surface area contributed by atoms with Crippen molar-refractivity contribution in [2.75, 3.05) is 11.9 Å². The topological polar surface area (TPSA) is 94.2 Å². The van der Waals surface area contributed by atoms with Gasteiger partial charge in [0.15, 0.2) is 0 Å². The number of aromatic nitrogens is 1. The first kappa shape index (κ1) is 15.6. The van der Waals surface area contributed by atoms with Crippen molar-refractivity contribution < 1.29 is 14.7 Å². The van der Waals surface area contributed by atoms with Gasteiger partial charge in [-0.2, -0.15) is 0 Å². The lowest BCUT2D eigenvalue weighted by Crippen LogP contribution is -2.39. The van der Waals surface area contributed by atoms with Crippen molar-refractivity contribution >= 4 is 28.4 Å². The van der Waals surface area contributed by atoms with Crippen molar-refractivity contribution in [3.8, 4) is 0 Å². The van der Waals surface area contributed by atoms with Crippen molar-refractivity contribution in [2.24, 2.45) is 5.92 Å². The van der Waals surface area contributed by atoms with Crippen LogP contribution in [0.3, 0.4) is 0 Å². The standard InChI is InChI=1S/C17H21N3O3/c1-10-7-12-8-13(5-6-14(12)19-10)20-17(23)16(22)18-9-11-3-2-4-15(11)21/h5-8,11,15,19,21H,2-4,9H2,1H3,(H,18,22)(H,20,23). The molecule has 1 fully saturated rings. The van der Waals surface area contributed by atoms with Gasteiger partial charge in [0.25, 0.3) is 0 Å². The first-order chi connectivity index (χ1) is 11.0. The molecule has 1 saturated carbocycles. The number of aliphatic hydroxyl groups excluding tert-OH is 1. The van der Waals surface area contributed by atoms with Crippen molar-refractivity contribution in [3.63, 3.8) is 0 Å². The second-order valence-corrected chi connectivity index (χ2v) is 6.18. The van der Waals surface area contributed by atoms with Crippen LogP contribution in [0.2, 0.25) is 0 Å². The Morgan fingerprint density at radius 3 is 2.83 bits per heavy atom. The summed E-state index contributed by atoms with van der Waals surface area (Å²) in [5.74, 6) is -1.32. The summed E-state index contributed by atoms with van der Waals surface area (Å²) in [6, 6.07) is 7.42. The molecule has 0 spiro atoms. The average Bonchev–Trinajstić information content (AvgIpc) is 3.08. The van der Waals surface area contributed by atoms with E-state index in [-0.39, 0.29) is 12.0 Å². The predicted octanol–water partition coefficient (Wildman–Crippen LogP) is 1.69. The molecule has 1 aliphatic rings. The highest BCUT2D eigenvalue weighted by Gasteiger charge is 2.26. The number of hydrogen-bond donors (Lipinski definition) is 4. The number of nitrogens with one attached hydrogen (secondary N) is 3. The van der Waals surface area contributed by atoms with E-state index in [1.165, 1.54) is 0 Å². The number of aromatic amines is 1. The zero-order valence-corrected chi connectivity index (χ0v) is 13.1. The zero-order chi connectivity index (χ0) is 16.4. The Morgan fingerprint density at radius 1 is 1.26 bits per heavy atom. The van der Waals surface area contributed by atoms with Crippen LogP contribution in [0.5, 0.6) is 0 Å². The summed E-state index contributed by atoms with van der Waals surface area (Å²) in [6.07, 6.45) is 2.23. The summed E-state index contributed by atoms with van der Waals surface area (Å²) in [4.78, 5) is 27.0. The van der Waals surface area contributed by atoms with Crippen LogP contribution in [0.25, 0.3) is 10.9 Å². The van der Waals surface area contributed by atoms with Crippen LogP contribution >= 0.6 is 0 Å². The number of amides is 2. The molecule has 1 aliphatic carbocycles. The van der Waals surface area contributed by atoms with Gasteiger partial charge in [0, 0.05) is 34.7 Å². The first-order valence-corrected chi connectivity index (χ1v) is 7.89. The molecule has 2 amide bonds. The maximum absolute atomic E-state index is 11.9. The maximum Gasteiger partial charge on any atom is 0.313 e. The van der Waals surface area contributed by atoms with E-state index in [9.17, 15) is 14.7 Å². The van der Waals surface area contributed by atoms with Crippen LogP contribution in [-0.2, 0) is 9.59 Å². The molecule has 0 radical (unpaired) electrons. The molecule has 6 nitrogen and oxygen atoms in total. The van der Waals surface area contributed by atoms with Gasteiger partial charge in [0.1, 0.15) is 0 Å². The maximum atomic E-state index is 11.9. The van der Waals surface area contributed by atoms with Crippen molar-refractivity contribution in [3.05, 3.63) is 30.0 Å². The fourth-order valence-corrected chi connectivity index (χ4v) is 3.10. The molecule has 2 aromatic rings. The zero-order valence-electron chi connectivity index (χ0n) is 13.1. The summed E-state index contributed by atoms with van der Waals surface area (Å²) in [7, 11) is 0. The number of carbonyl (C=O) groups excluding carboxylic acids is 2. The number of hydrogen-bond acceptors (Lipinski definition) is 3. The van der Waals surface area contributed by atoms with E-state index in [2.05, 4.69) is 15.6 Å². The van der Waals surface area contributed by atoms with Gasteiger partial charge in [-0.25, -0.2) is 0 Å². The molecule has 1 aromatic heterocycles. The Bertz CT molecular complexity index is 738. The summed E-state index contributed by atoms with van der Waals surface area (Å²) >= 11 is 0. The van der Waals surface area contributed by atoms with Crippen LogP contribution in [0.1, 0.15) is 25.0 Å². The number of benzene rings is 1. The Balaban J connectivity index is 1.57. The monoisotopic (exact) mass is 315 g/mol. The summed E-state index contributed by atoms with van der Waals surface area (Å²) < 4.78 is 0. The lowest BCUT2D eigenvalue weighted by atomic mass is 10.1. The summed E-state index contributed by atoms with van der Waals surface area (Å²) in [5, 5.41) is 15.9. The van der Waals surface area contributed by atoms with E-state index >= 15 is 0 Å². The molecule has 23 heavy (non-hydrogen) atoms. The van der Waals surface area contributed by atoms with E-state index in [0.717, 1.165) is 35.9 Å². The quantitative estimate of drug-likeness (QED) is 0.649. The SMILES string of the molecule is Cc1cc2cc(NC(=O)C(=O)NCC3CCCC3O)ccc2[nH]1. The largest absolute Gasteiger partial charge is 0.393 e. The lowest BCUT2D eigenvalue weighted by Gasteiger charge is -2.14. The second kappa shape index (κ2) is 6.42. The number of fused-ring (bicyclic) bond motifs is 1. The van der Waals surface area contributed by atoms with Crippen molar-refractivity contribution in [2.45, 2.75) is 32.3 Å². The Kier molecular flexibility index (Phi) is 4.34.